The molecule has 0 fully saturated rings. The summed E-state index contributed by atoms with van der Waals surface area (Å²) >= 11 is 5.74. The molecule has 0 aromatic heterocycles. The highest BCUT2D eigenvalue weighted by Gasteiger charge is 2.31. The van der Waals surface area contributed by atoms with Crippen LogP contribution in [-0.4, -0.2) is 85.1 Å². The van der Waals surface area contributed by atoms with Crippen LogP contribution >= 0.6 is 11.6 Å². The van der Waals surface area contributed by atoms with E-state index in [9.17, 15) is 19.2 Å². The average Bonchev–Trinajstić information content (AvgIpc) is 2.89. The maximum absolute atomic E-state index is 13.2. The lowest BCUT2D eigenvalue weighted by Gasteiger charge is -2.27. The zero-order valence-corrected chi connectivity index (χ0v) is 24.3. The summed E-state index contributed by atoms with van der Waals surface area (Å²) in [5.74, 6) is -2.76. The van der Waals surface area contributed by atoms with Gasteiger partial charge in [-0.1, -0.05) is 13.8 Å². The molecular weight excluding hydrogens is 542 g/mol. The highest BCUT2D eigenvalue weighted by atomic mass is 35.5. The van der Waals surface area contributed by atoms with Crippen LogP contribution < -0.4 is 50.4 Å². The summed E-state index contributed by atoms with van der Waals surface area (Å²) in [6.45, 7) is 4.51. The number of ketones is 1. The number of nitrogens with one attached hydrogen (secondary N) is 3. The van der Waals surface area contributed by atoms with Crippen molar-refractivity contribution in [2.24, 2.45) is 50.3 Å². The highest BCUT2D eigenvalue weighted by Crippen LogP contribution is 2.09. The highest BCUT2D eigenvalue weighted by molar-refractivity contribution is 6.28. The number of guanidine groups is 2. The van der Waals surface area contributed by atoms with Gasteiger partial charge >= 0.3 is 0 Å². The fraction of sp³-hybridized carbons (Fsp3) is 0.750. The van der Waals surface area contributed by atoms with Gasteiger partial charge in [-0.3, -0.25) is 29.2 Å². The van der Waals surface area contributed by atoms with Gasteiger partial charge in [0.2, 0.25) is 17.7 Å². The molecule has 0 radical (unpaired) electrons. The van der Waals surface area contributed by atoms with Crippen LogP contribution in [-0.2, 0) is 19.2 Å². The Bertz CT molecular complexity index is 862. The van der Waals surface area contributed by atoms with E-state index in [1.54, 1.807) is 13.8 Å². The Balaban J connectivity index is 5.45. The van der Waals surface area contributed by atoms with Crippen LogP contribution in [0.3, 0.4) is 0 Å². The zero-order chi connectivity index (χ0) is 30.7. The molecule has 15 N–H and O–H groups in total. The summed E-state index contributed by atoms with van der Waals surface area (Å²) in [5.41, 5.74) is 32.8. The molecule has 40 heavy (non-hydrogen) atoms. The molecule has 0 aliphatic carbocycles. The zero-order valence-electron chi connectivity index (χ0n) is 23.5. The number of aliphatic imine (C=N–C) groups is 2. The van der Waals surface area contributed by atoms with Crippen molar-refractivity contribution < 1.29 is 19.2 Å². The number of alkyl halides is 1. The summed E-state index contributed by atoms with van der Waals surface area (Å²) in [6.07, 6.45) is 2.90. The molecule has 0 bridgehead atoms. The van der Waals surface area contributed by atoms with E-state index in [0.717, 1.165) is 0 Å². The van der Waals surface area contributed by atoms with Gasteiger partial charge in [-0.15, -0.1) is 11.6 Å². The van der Waals surface area contributed by atoms with Crippen LogP contribution in [0.2, 0.25) is 0 Å². The first-order valence-corrected chi connectivity index (χ1v) is 13.9. The summed E-state index contributed by atoms with van der Waals surface area (Å²) in [4.78, 5) is 59.2. The Morgan fingerprint density at radius 1 is 0.725 bits per heavy atom. The first-order valence-electron chi connectivity index (χ1n) is 13.4. The minimum Gasteiger partial charge on any atom is -0.370 e. The van der Waals surface area contributed by atoms with Gasteiger partial charge < -0.3 is 50.4 Å². The Labute approximate surface area is 241 Å². The van der Waals surface area contributed by atoms with Crippen LogP contribution in [0.4, 0.5) is 0 Å². The first-order chi connectivity index (χ1) is 18.8. The number of halogens is 1. The van der Waals surface area contributed by atoms with Crippen molar-refractivity contribution in [3.8, 4) is 0 Å². The number of carbonyl (C=O) groups excluding carboxylic acids is 4. The molecule has 0 aliphatic heterocycles. The smallest absolute Gasteiger partial charge is 0.243 e. The van der Waals surface area contributed by atoms with Gasteiger partial charge in [0.1, 0.15) is 12.1 Å². The van der Waals surface area contributed by atoms with Crippen molar-refractivity contribution in [2.45, 2.75) is 83.0 Å². The first kappa shape index (κ1) is 36.8. The van der Waals surface area contributed by atoms with Crippen molar-refractivity contribution in [3.63, 3.8) is 0 Å². The number of unbranched alkanes of at least 4 members (excludes halogenated alkanes) is 1. The van der Waals surface area contributed by atoms with E-state index >= 15 is 0 Å². The number of nitrogens with two attached hydrogens (primary N) is 6. The second-order valence-corrected chi connectivity index (χ2v) is 10.0. The predicted molar refractivity (Wildman–Crippen MR) is 157 cm³/mol. The molecule has 16 heteroatoms. The minimum atomic E-state index is -0.978. The molecule has 0 rings (SSSR count). The molecule has 1 unspecified atom stereocenters. The quantitative estimate of drug-likeness (QED) is 0.0292. The Hall–Kier alpha value is -3.17. The van der Waals surface area contributed by atoms with Gasteiger partial charge in [0.05, 0.1) is 18.0 Å². The normalized spacial score (nSPS) is 13.8. The van der Waals surface area contributed by atoms with E-state index < -0.39 is 41.9 Å². The molecule has 4 atom stereocenters. The van der Waals surface area contributed by atoms with Crippen LogP contribution in [0.25, 0.3) is 0 Å². The number of hydrogen-bond donors (Lipinski definition) is 9. The van der Waals surface area contributed by atoms with Gasteiger partial charge in [0.15, 0.2) is 17.7 Å². The number of amides is 3. The van der Waals surface area contributed by atoms with E-state index in [-0.39, 0.29) is 48.9 Å². The van der Waals surface area contributed by atoms with Crippen molar-refractivity contribution in [2.75, 3.05) is 25.5 Å². The molecule has 0 aromatic carbocycles. The van der Waals surface area contributed by atoms with Gasteiger partial charge in [-0.25, -0.2) is 0 Å². The number of nitrogens with zero attached hydrogens (tertiary/aromatic N) is 2. The van der Waals surface area contributed by atoms with Crippen LogP contribution in [0.1, 0.15) is 58.8 Å². The van der Waals surface area contributed by atoms with Crippen molar-refractivity contribution in [1.29, 1.82) is 0 Å². The molecule has 0 aliphatic rings. The van der Waals surface area contributed by atoms with Crippen molar-refractivity contribution >= 4 is 47.0 Å². The molecule has 0 heterocycles. The lowest BCUT2D eigenvalue weighted by molar-refractivity contribution is -0.134. The standard InChI is InChI=1S/C24H48ClN11O4/c1-14(2)19(36-20(38)15(27)7-5-11-32-23(28)29)22(40)35-17(8-3-4-10-26)21(39)34-16(18(37)13-25)9-6-12-33-24(30)31/h14-17,19H,3-13,26-27H2,1-2H3,(H,34,39)(H,35,40)(H,36,38)(H4,28,29,32)(H4,30,31,33)/t15-,16?,17-,19-/m0/s1. The van der Waals surface area contributed by atoms with Crippen LogP contribution in [0, 0.1) is 5.92 Å². The molecular formula is C24H48ClN11O4. The summed E-state index contributed by atoms with van der Waals surface area (Å²) in [5, 5.41) is 8.08. The number of carbonyl (C=O) groups is 4. The molecule has 0 aromatic rings. The lowest BCUT2D eigenvalue weighted by Crippen LogP contribution is -2.58. The van der Waals surface area contributed by atoms with Crippen molar-refractivity contribution in [3.05, 3.63) is 0 Å². The largest absolute Gasteiger partial charge is 0.370 e. The molecule has 0 spiro atoms. The third-order valence-corrected chi connectivity index (χ3v) is 6.18. The Kier molecular flexibility index (Phi) is 19.1. The SMILES string of the molecule is CC(C)[C@H](NC(=O)[C@@H](N)CCCN=C(N)N)C(=O)N[C@@H](CCCCN)C(=O)NC(CCCN=C(N)N)C(=O)CCl. The molecule has 0 saturated heterocycles. The van der Waals surface area contributed by atoms with Gasteiger partial charge in [-0.05, 0) is 57.4 Å². The number of Topliss-reactive ketones (excluding diaryl/α,β-unsaturated/α-hetero) is 1. The maximum Gasteiger partial charge on any atom is 0.243 e. The summed E-state index contributed by atoms with van der Waals surface area (Å²) in [7, 11) is 0. The molecule has 3 amide bonds. The fourth-order valence-corrected chi connectivity index (χ4v) is 3.84. The van der Waals surface area contributed by atoms with Crippen LogP contribution in [0.15, 0.2) is 9.98 Å². The predicted octanol–water partition coefficient (Wildman–Crippen LogP) is -2.53. The second-order valence-electron chi connectivity index (χ2n) is 9.74. The van der Waals surface area contributed by atoms with Gasteiger partial charge in [0, 0.05) is 13.1 Å². The topological polar surface area (TPSA) is 285 Å². The molecule has 0 saturated carbocycles. The Morgan fingerprint density at radius 3 is 1.75 bits per heavy atom. The lowest BCUT2D eigenvalue weighted by atomic mass is 10.0. The molecule has 15 nitrogen and oxygen atoms in total. The molecule has 230 valence electrons. The van der Waals surface area contributed by atoms with E-state index in [0.29, 0.717) is 45.2 Å². The van der Waals surface area contributed by atoms with E-state index in [2.05, 4.69) is 25.9 Å². The minimum absolute atomic E-state index is 0.0519. The number of rotatable bonds is 21. The fourth-order valence-electron chi connectivity index (χ4n) is 3.65. The van der Waals surface area contributed by atoms with Gasteiger partial charge in [-0.2, -0.15) is 0 Å². The van der Waals surface area contributed by atoms with E-state index in [4.69, 9.17) is 46.0 Å². The monoisotopic (exact) mass is 589 g/mol. The summed E-state index contributed by atoms with van der Waals surface area (Å²) in [6, 6.07) is -3.70. The number of hydrogen-bond acceptors (Lipinski definition) is 8. The average molecular weight is 590 g/mol. The third kappa shape index (κ3) is 16.1. The van der Waals surface area contributed by atoms with E-state index in [1.807, 2.05) is 0 Å². The van der Waals surface area contributed by atoms with E-state index in [1.165, 1.54) is 0 Å². The third-order valence-electron chi connectivity index (χ3n) is 5.91. The van der Waals surface area contributed by atoms with Crippen LogP contribution in [0.5, 0.6) is 0 Å². The Morgan fingerprint density at radius 2 is 1.25 bits per heavy atom. The summed E-state index contributed by atoms with van der Waals surface area (Å²) < 4.78 is 0. The second kappa shape index (κ2) is 20.7. The maximum atomic E-state index is 13.2. The van der Waals surface area contributed by atoms with Crippen molar-refractivity contribution in [1.82, 2.24) is 16.0 Å². The van der Waals surface area contributed by atoms with Gasteiger partial charge in [0.25, 0.3) is 0 Å².